The van der Waals surface area contributed by atoms with Gasteiger partial charge < -0.3 is 9.42 Å². The Balaban J connectivity index is 1.50. The smallest absolute Gasteiger partial charge is 0.243 e. The topological polar surface area (TPSA) is 62.5 Å². The molecule has 6 heteroatoms. The molecular weight excluding hydrogens is 304 g/mol. The van der Waals surface area contributed by atoms with Crippen LogP contribution in [0.1, 0.15) is 82.5 Å². The largest absolute Gasteiger partial charge is 0.338 e. The fourth-order valence-electron chi connectivity index (χ4n) is 4.48. The molecule has 0 aromatic carbocycles. The predicted molar refractivity (Wildman–Crippen MR) is 89.4 cm³/mol. The molecule has 3 fully saturated rings. The number of aromatic nitrogens is 2. The van der Waals surface area contributed by atoms with E-state index in [9.17, 15) is 4.79 Å². The van der Waals surface area contributed by atoms with Crippen molar-refractivity contribution >= 4 is 5.91 Å². The number of hydrogen-bond acceptors (Lipinski definition) is 5. The van der Waals surface area contributed by atoms with Crippen LogP contribution in [0.25, 0.3) is 0 Å². The third-order valence-corrected chi connectivity index (χ3v) is 5.96. The van der Waals surface area contributed by atoms with E-state index in [0.29, 0.717) is 30.3 Å². The summed E-state index contributed by atoms with van der Waals surface area (Å²) in [5.74, 6) is 2.45. The zero-order valence-corrected chi connectivity index (χ0v) is 14.8. The Hall–Kier alpha value is -1.43. The first-order valence-corrected chi connectivity index (χ1v) is 9.57. The Labute approximate surface area is 143 Å². The molecule has 1 aliphatic carbocycles. The van der Waals surface area contributed by atoms with Gasteiger partial charge in [-0.1, -0.05) is 12.1 Å². The third kappa shape index (κ3) is 2.85. The fourth-order valence-corrected chi connectivity index (χ4v) is 4.48. The summed E-state index contributed by atoms with van der Waals surface area (Å²) < 4.78 is 5.56. The van der Waals surface area contributed by atoms with E-state index in [1.54, 1.807) is 0 Å². The molecule has 1 aromatic heterocycles. The van der Waals surface area contributed by atoms with E-state index in [1.807, 2.05) is 6.92 Å². The Morgan fingerprint density at radius 2 is 1.96 bits per heavy atom. The van der Waals surface area contributed by atoms with Gasteiger partial charge in [0.2, 0.25) is 11.8 Å². The molecule has 6 nitrogen and oxygen atoms in total. The summed E-state index contributed by atoms with van der Waals surface area (Å²) in [6.45, 7) is 6.11. The number of rotatable bonds is 5. The van der Waals surface area contributed by atoms with Crippen molar-refractivity contribution in [2.45, 2.75) is 82.8 Å². The highest BCUT2D eigenvalue weighted by Gasteiger charge is 2.42. The second-order valence-electron chi connectivity index (χ2n) is 7.54. The number of likely N-dealkylation sites (tertiary alicyclic amines) is 2. The highest BCUT2D eigenvalue weighted by molar-refractivity contribution is 5.76. The van der Waals surface area contributed by atoms with E-state index in [-0.39, 0.29) is 6.04 Å². The normalized spacial score (nSPS) is 29.3. The number of amides is 1. The maximum absolute atomic E-state index is 12.3. The molecule has 0 unspecified atom stereocenters. The second-order valence-corrected chi connectivity index (χ2v) is 7.54. The van der Waals surface area contributed by atoms with Gasteiger partial charge in [-0.05, 0) is 52.0 Å². The summed E-state index contributed by atoms with van der Waals surface area (Å²) in [6.07, 6.45) is 7.58. The van der Waals surface area contributed by atoms with E-state index < -0.39 is 0 Å². The van der Waals surface area contributed by atoms with Gasteiger partial charge in [0.05, 0.1) is 6.04 Å². The quantitative estimate of drug-likeness (QED) is 0.829. The average molecular weight is 332 g/mol. The van der Waals surface area contributed by atoms with Crippen LogP contribution in [-0.2, 0) is 4.79 Å². The van der Waals surface area contributed by atoms with Crippen molar-refractivity contribution in [2.24, 2.45) is 0 Å². The molecule has 0 bridgehead atoms. The lowest BCUT2D eigenvalue weighted by molar-refractivity contribution is -0.132. The summed E-state index contributed by atoms with van der Waals surface area (Å²) in [6, 6.07) is 0.916. The molecule has 0 spiro atoms. The minimum Gasteiger partial charge on any atom is -0.338 e. The van der Waals surface area contributed by atoms with Crippen LogP contribution >= 0.6 is 0 Å². The lowest BCUT2D eigenvalue weighted by Gasteiger charge is -2.36. The van der Waals surface area contributed by atoms with Crippen LogP contribution in [0.3, 0.4) is 0 Å². The summed E-state index contributed by atoms with van der Waals surface area (Å²) in [4.78, 5) is 21.5. The molecule has 3 atom stereocenters. The Morgan fingerprint density at radius 3 is 2.71 bits per heavy atom. The van der Waals surface area contributed by atoms with Crippen molar-refractivity contribution < 1.29 is 9.32 Å². The average Bonchev–Trinajstić information content (AvgIpc) is 3.04. The number of nitrogens with zero attached hydrogens (tertiary/aromatic N) is 4. The monoisotopic (exact) mass is 332 g/mol. The highest BCUT2D eigenvalue weighted by Crippen LogP contribution is 2.40. The summed E-state index contributed by atoms with van der Waals surface area (Å²) in [5, 5.41) is 4.17. The first-order valence-electron chi connectivity index (χ1n) is 9.57. The van der Waals surface area contributed by atoms with Crippen LogP contribution in [0.15, 0.2) is 4.52 Å². The van der Waals surface area contributed by atoms with E-state index >= 15 is 0 Å². The van der Waals surface area contributed by atoms with Crippen molar-refractivity contribution in [1.29, 1.82) is 0 Å². The van der Waals surface area contributed by atoms with Crippen LogP contribution < -0.4 is 0 Å². The van der Waals surface area contributed by atoms with Gasteiger partial charge in [0.1, 0.15) is 0 Å². The van der Waals surface area contributed by atoms with E-state index in [4.69, 9.17) is 4.52 Å². The fraction of sp³-hybridized carbons (Fsp3) is 0.833. The van der Waals surface area contributed by atoms with Gasteiger partial charge in [0.15, 0.2) is 5.82 Å². The number of carbonyl (C=O) groups is 1. The van der Waals surface area contributed by atoms with Crippen LogP contribution in [0.5, 0.6) is 0 Å². The molecule has 24 heavy (non-hydrogen) atoms. The van der Waals surface area contributed by atoms with Gasteiger partial charge in [-0.2, -0.15) is 4.98 Å². The molecule has 4 rings (SSSR count). The van der Waals surface area contributed by atoms with Crippen LogP contribution in [0, 0.1) is 0 Å². The second kappa shape index (κ2) is 6.47. The maximum Gasteiger partial charge on any atom is 0.243 e. The van der Waals surface area contributed by atoms with Gasteiger partial charge in [0, 0.05) is 31.0 Å². The Kier molecular flexibility index (Phi) is 4.33. The number of hydrogen-bond donors (Lipinski definition) is 0. The van der Waals surface area contributed by atoms with Crippen molar-refractivity contribution in [1.82, 2.24) is 19.9 Å². The third-order valence-electron chi connectivity index (χ3n) is 5.96. The summed E-state index contributed by atoms with van der Waals surface area (Å²) in [5.41, 5.74) is 0. The van der Waals surface area contributed by atoms with Gasteiger partial charge >= 0.3 is 0 Å². The molecule has 1 aromatic rings. The predicted octanol–water partition coefficient (Wildman–Crippen LogP) is 2.87. The van der Waals surface area contributed by atoms with Crippen LogP contribution in [0.4, 0.5) is 0 Å². The number of carbonyl (C=O) groups excluding carboxylic acids is 1. The standard InChI is InChI=1S/C18H28N4O2/c1-3-16(23)22-11-5-7-15(22)14-6-4-10-21(14)12(2)18-19-17(20-24-18)13-8-9-13/h12-15H,3-11H2,1-2H3/t12-,14+,15-/m1/s1. The van der Waals surface area contributed by atoms with Gasteiger partial charge in [0.25, 0.3) is 0 Å². The van der Waals surface area contributed by atoms with Gasteiger partial charge in [-0.25, -0.2) is 0 Å². The lowest BCUT2D eigenvalue weighted by Crippen LogP contribution is -2.48. The van der Waals surface area contributed by atoms with Gasteiger partial charge in [-0.3, -0.25) is 9.69 Å². The molecule has 3 heterocycles. The Bertz CT molecular complexity index is 598. The van der Waals surface area contributed by atoms with E-state index in [1.165, 1.54) is 19.3 Å². The van der Waals surface area contributed by atoms with E-state index in [0.717, 1.165) is 44.1 Å². The van der Waals surface area contributed by atoms with Gasteiger partial charge in [-0.15, -0.1) is 0 Å². The zero-order chi connectivity index (χ0) is 16.7. The summed E-state index contributed by atoms with van der Waals surface area (Å²) in [7, 11) is 0. The summed E-state index contributed by atoms with van der Waals surface area (Å²) >= 11 is 0. The molecule has 3 aliphatic rings. The SMILES string of the molecule is CCC(=O)N1CCC[C@@H]1[C@@H]1CCCN1[C@H](C)c1nc(C2CC2)no1. The molecule has 2 saturated heterocycles. The Morgan fingerprint density at radius 1 is 1.21 bits per heavy atom. The van der Waals surface area contributed by atoms with Crippen molar-refractivity contribution in [3.8, 4) is 0 Å². The highest BCUT2D eigenvalue weighted by atomic mass is 16.5. The minimum atomic E-state index is 0.136. The first kappa shape index (κ1) is 16.1. The van der Waals surface area contributed by atoms with Crippen molar-refractivity contribution in [3.05, 3.63) is 11.7 Å². The molecule has 0 N–H and O–H groups in total. The van der Waals surface area contributed by atoms with Crippen molar-refractivity contribution in [3.63, 3.8) is 0 Å². The van der Waals surface area contributed by atoms with E-state index in [2.05, 4.69) is 26.9 Å². The molecular formula is C18H28N4O2. The molecule has 2 aliphatic heterocycles. The first-order chi connectivity index (χ1) is 11.7. The minimum absolute atomic E-state index is 0.136. The molecule has 0 radical (unpaired) electrons. The zero-order valence-electron chi connectivity index (χ0n) is 14.8. The maximum atomic E-state index is 12.3. The molecule has 1 amide bonds. The lowest BCUT2D eigenvalue weighted by atomic mass is 10.0. The molecule has 132 valence electrons. The van der Waals surface area contributed by atoms with Crippen LogP contribution in [0.2, 0.25) is 0 Å². The van der Waals surface area contributed by atoms with Crippen molar-refractivity contribution in [2.75, 3.05) is 13.1 Å². The van der Waals surface area contributed by atoms with Crippen LogP contribution in [-0.4, -0.2) is 51.0 Å². The molecule has 1 saturated carbocycles.